The molecule has 1 N–H and O–H groups in total. The molecule has 0 fully saturated rings. The number of hydrogen-bond donors (Lipinski definition) is 1. The molecule has 0 aliphatic heterocycles. The smallest absolute Gasteiger partial charge is 0.361 e. The zero-order chi connectivity index (χ0) is 60.5. The van der Waals surface area contributed by atoms with Crippen LogP contribution in [-0.4, -0.2) is 87.4 Å². The van der Waals surface area contributed by atoms with E-state index in [0.29, 0.717) is 23.9 Å². The molecule has 0 saturated carbocycles. The first-order valence-corrected chi connectivity index (χ1v) is 36.5. The number of ether oxygens (including phenoxy) is 4. The molecule has 0 aromatic heterocycles. The maximum Gasteiger partial charge on any atom is 0.361 e. The SMILES string of the molecule is CCCCC/C=C\C/C=C\CCCCCCCCCC(=O)OC(COC(=O)CCCCCCCCCCCCCCCCCCCCCCCCCCCCCCCCCCCCCCCCCCC)COC(OCC[N+](C)(C)C)C(=O)O. The van der Waals surface area contributed by atoms with Gasteiger partial charge in [0, 0.05) is 12.8 Å². The van der Waals surface area contributed by atoms with Crippen molar-refractivity contribution in [2.45, 2.75) is 386 Å². The summed E-state index contributed by atoms with van der Waals surface area (Å²) in [6.07, 6.45) is 79.1. The average molecular weight is 1170 g/mol. The average Bonchev–Trinajstić information content (AvgIpc) is 3.46. The minimum Gasteiger partial charge on any atom is -0.477 e. The lowest BCUT2D eigenvalue weighted by Gasteiger charge is -2.25. The number of esters is 2. The maximum absolute atomic E-state index is 12.9. The van der Waals surface area contributed by atoms with E-state index in [1.807, 2.05) is 21.1 Å². The molecule has 0 amide bonds. The van der Waals surface area contributed by atoms with Crippen molar-refractivity contribution in [2.24, 2.45) is 0 Å². The minimum atomic E-state index is -1.51. The number of nitrogens with zero attached hydrogens (tertiary/aromatic N) is 1. The van der Waals surface area contributed by atoms with Gasteiger partial charge in [0.05, 0.1) is 34.4 Å². The third-order valence-corrected chi connectivity index (χ3v) is 16.7. The molecule has 0 aliphatic carbocycles. The molecule has 0 saturated heterocycles. The third-order valence-electron chi connectivity index (χ3n) is 16.7. The van der Waals surface area contributed by atoms with E-state index in [4.69, 9.17) is 18.9 Å². The van der Waals surface area contributed by atoms with Crippen LogP contribution in [0.4, 0.5) is 0 Å². The number of rotatable bonds is 69. The highest BCUT2D eigenvalue weighted by Gasteiger charge is 2.25. The van der Waals surface area contributed by atoms with Gasteiger partial charge in [-0.05, 0) is 44.9 Å². The Morgan fingerprint density at radius 2 is 0.651 bits per heavy atom. The number of carboxylic acids is 1. The van der Waals surface area contributed by atoms with Crippen molar-refractivity contribution in [1.82, 2.24) is 0 Å². The Morgan fingerprint density at radius 1 is 0.361 bits per heavy atom. The predicted octanol–water partition coefficient (Wildman–Crippen LogP) is 22.6. The molecular formula is C74H142NO8+. The zero-order valence-electron chi connectivity index (χ0n) is 56.1. The lowest BCUT2D eigenvalue weighted by atomic mass is 10.0. The number of allylic oxidation sites excluding steroid dienone is 4. The number of quaternary nitrogens is 1. The molecule has 0 heterocycles. The number of carboxylic acid groups (broad SMARTS) is 1. The van der Waals surface area contributed by atoms with E-state index >= 15 is 0 Å². The number of hydrogen-bond acceptors (Lipinski definition) is 7. The summed E-state index contributed by atoms with van der Waals surface area (Å²) < 4.78 is 22.9. The highest BCUT2D eigenvalue weighted by molar-refractivity contribution is 5.71. The van der Waals surface area contributed by atoms with Gasteiger partial charge in [0.15, 0.2) is 6.10 Å². The first kappa shape index (κ1) is 80.8. The van der Waals surface area contributed by atoms with Gasteiger partial charge in [-0.1, -0.05) is 340 Å². The fourth-order valence-electron chi connectivity index (χ4n) is 11.1. The number of likely N-dealkylation sites (N-methyl/N-ethyl adjacent to an activating group) is 1. The topological polar surface area (TPSA) is 108 Å². The van der Waals surface area contributed by atoms with Gasteiger partial charge in [0.25, 0.3) is 6.29 Å². The molecule has 0 bridgehead atoms. The Bertz CT molecular complexity index is 1410. The summed E-state index contributed by atoms with van der Waals surface area (Å²) >= 11 is 0. The van der Waals surface area contributed by atoms with Gasteiger partial charge in [-0.3, -0.25) is 9.59 Å². The highest BCUT2D eigenvalue weighted by atomic mass is 16.7. The quantitative estimate of drug-likeness (QED) is 0.0211. The summed E-state index contributed by atoms with van der Waals surface area (Å²) in [6.45, 7) is 4.90. The largest absolute Gasteiger partial charge is 0.477 e. The Hall–Kier alpha value is -2.23. The van der Waals surface area contributed by atoms with Crippen molar-refractivity contribution in [2.75, 3.05) is 47.5 Å². The van der Waals surface area contributed by atoms with Crippen LogP contribution in [0.25, 0.3) is 0 Å². The van der Waals surface area contributed by atoms with Gasteiger partial charge in [0.1, 0.15) is 13.2 Å². The summed E-state index contributed by atoms with van der Waals surface area (Å²) in [6, 6.07) is 0. The van der Waals surface area contributed by atoms with Gasteiger partial charge in [-0.2, -0.15) is 0 Å². The molecule has 0 spiro atoms. The van der Waals surface area contributed by atoms with Crippen molar-refractivity contribution in [3.05, 3.63) is 24.3 Å². The Labute approximate surface area is 516 Å². The van der Waals surface area contributed by atoms with Gasteiger partial charge < -0.3 is 28.5 Å². The summed E-state index contributed by atoms with van der Waals surface area (Å²) in [5.74, 6) is -1.99. The predicted molar refractivity (Wildman–Crippen MR) is 355 cm³/mol. The van der Waals surface area contributed by atoms with E-state index in [1.165, 1.54) is 289 Å². The molecule has 2 atom stereocenters. The van der Waals surface area contributed by atoms with Crippen molar-refractivity contribution in [1.29, 1.82) is 0 Å². The van der Waals surface area contributed by atoms with E-state index in [0.717, 1.165) is 51.4 Å². The van der Waals surface area contributed by atoms with Crippen molar-refractivity contribution < 1.29 is 42.9 Å². The highest BCUT2D eigenvalue weighted by Crippen LogP contribution is 2.19. The summed E-state index contributed by atoms with van der Waals surface area (Å²) in [5.41, 5.74) is 0. The number of carbonyl (C=O) groups is 3. The first-order chi connectivity index (χ1) is 40.6. The van der Waals surface area contributed by atoms with Gasteiger partial charge in [-0.25, -0.2) is 4.79 Å². The molecule has 9 nitrogen and oxygen atoms in total. The normalized spacial score (nSPS) is 12.7. The molecule has 0 aliphatic rings. The summed E-state index contributed by atoms with van der Waals surface area (Å²) in [5, 5.41) is 9.72. The van der Waals surface area contributed by atoms with Crippen molar-refractivity contribution in [3.8, 4) is 0 Å². The molecule has 490 valence electrons. The lowest BCUT2D eigenvalue weighted by molar-refractivity contribution is -0.870. The molecule has 0 rings (SSSR count). The van der Waals surface area contributed by atoms with Crippen LogP contribution in [0, 0.1) is 0 Å². The number of unbranched alkanes of at least 4 members (excludes halogenated alkanes) is 50. The molecule has 83 heavy (non-hydrogen) atoms. The van der Waals surface area contributed by atoms with Gasteiger partial charge >= 0.3 is 17.9 Å². The van der Waals surface area contributed by atoms with Crippen LogP contribution in [0.15, 0.2) is 24.3 Å². The second kappa shape index (κ2) is 65.7. The first-order valence-electron chi connectivity index (χ1n) is 36.5. The van der Waals surface area contributed by atoms with E-state index < -0.39 is 24.3 Å². The maximum atomic E-state index is 12.9. The second-order valence-electron chi connectivity index (χ2n) is 26.3. The monoisotopic (exact) mass is 1170 g/mol. The zero-order valence-corrected chi connectivity index (χ0v) is 56.1. The third kappa shape index (κ3) is 67.1. The van der Waals surface area contributed by atoms with E-state index in [9.17, 15) is 19.5 Å². The Balaban J connectivity index is 3.87. The Morgan fingerprint density at radius 3 is 0.976 bits per heavy atom. The molecule has 9 heteroatoms. The summed E-state index contributed by atoms with van der Waals surface area (Å²) in [7, 11) is 5.98. The molecule has 2 unspecified atom stereocenters. The van der Waals surface area contributed by atoms with Crippen LogP contribution in [0.3, 0.4) is 0 Å². The van der Waals surface area contributed by atoms with Crippen LogP contribution in [0.2, 0.25) is 0 Å². The number of carbonyl (C=O) groups excluding carboxylic acids is 2. The molecule has 0 aromatic carbocycles. The van der Waals surface area contributed by atoms with Crippen molar-refractivity contribution in [3.63, 3.8) is 0 Å². The van der Waals surface area contributed by atoms with Crippen LogP contribution >= 0.6 is 0 Å². The molecular weight excluding hydrogens is 1030 g/mol. The van der Waals surface area contributed by atoms with Crippen molar-refractivity contribution >= 4 is 17.9 Å². The molecule has 0 radical (unpaired) electrons. The standard InChI is InChI=1S/C74H141NO8/c1-6-8-10-12-14-16-18-20-22-24-25-26-27-28-29-30-31-32-33-34-35-36-37-38-39-40-41-42-43-44-45-46-47-49-50-52-54-56-58-60-62-64-71(76)81-68-70(69-82-74(73(78)79)80-67-66-75(3,4)5)83-72(77)65-63-61-59-57-55-53-51-48-23-21-19-17-15-13-11-9-7-2/h15,17,21,23,70,74H,6-14,16,18-20,22,24-69H2,1-5H3/p+1/b17-15-,23-21-. The number of aliphatic carboxylic acids is 1. The van der Waals surface area contributed by atoms with E-state index in [1.54, 1.807) is 0 Å². The fourth-order valence-corrected chi connectivity index (χ4v) is 11.1. The second-order valence-corrected chi connectivity index (χ2v) is 26.3. The summed E-state index contributed by atoms with van der Waals surface area (Å²) in [4.78, 5) is 37.5. The minimum absolute atomic E-state index is 0.180. The van der Waals surface area contributed by atoms with Crippen LogP contribution in [0.1, 0.15) is 373 Å². The van der Waals surface area contributed by atoms with E-state index in [2.05, 4.69) is 38.2 Å². The lowest BCUT2D eigenvalue weighted by Crippen LogP contribution is -2.40. The van der Waals surface area contributed by atoms with E-state index in [-0.39, 0.29) is 32.2 Å². The van der Waals surface area contributed by atoms with Gasteiger partial charge in [-0.15, -0.1) is 0 Å². The van der Waals surface area contributed by atoms with Crippen LogP contribution in [-0.2, 0) is 33.3 Å². The van der Waals surface area contributed by atoms with Crippen LogP contribution in [0.5, 0.6) is 0 Å². The van der Waals surface area contributed by atoms with Gasteiger partial charge in [0.2, 0.25) is 0 Å². The fraction of sp³-hybridized carbons (Fsp3) is 0.905. The Kier molecular flexibility index (Phi) is 64.0. The van der Waals surface area contributed by atoms with Crippen LogP contribution < -0.4 is 0 Å². The molecule has 0 aromatic rings.